The number of thiophene rings is 1. The molecule has 0 radical (unpaired) electrons. The summed E-state index contributed by atoms with van der Waals surface area (Å²) in [6.45, 7) is -0.917. The van der Waals surface area contributed by atoms with Gasteiger partial charge in [-0.2, -0.15) is 0 Å². The molecule has 1 aromatic heterocycles. The third-order valence-electron chi connectivity index (χ3n) is 1.93. The smallest absolute Gasteiger partial charge is 0.345 e. The van der Waals surface area contributed by atoms with Crippen LogP contribution in [0.15, 0.2) is 24.3 Å². The van der Waals surface area contributed by atoms with Gasteiger partial charge < -0.3 is 9.84 Å². The molecule has 0 aliphatic heterocycles. The Bertz CT molecular complexity index is 506. The predicted molar refractivity (Wildman–Crippen MR) is 55.4 cm³/mol. The molecule has 0 saturated heterocycles. The molecule has 0 spiro atoms. The van der Waals surface area contributed by atoms with E-state index in [4.69, 9.17) is 9.84 Å². The topological polar surface area (TPSA) is 46.5 Å². The lowest BCUT2D eigenvalue weighted by Gasteiger charge is -2.00. The Hall–Kier alpha value is -1.62. The zero-order valence-electron chi connectivity index (χ0n) is 7.57. The average molecular weight is 226 g/mol. The van der Waals surface area contributed by atoms with Crippen LogP contribution in [0, 0.1) is 0 Å². The monoisotopic (exact) mass is 226 g/mol. The maximum Gasteiger partial charge on any atom is 0.345 e. The van der Waals surface area contributed by atoms with Crippen molar-refractivity contribution in [1.29, 1.82) is 0 Å². The van der Waals surface area contributed by atoms with Crippen LogP contribution in [0.4, 0.5) is 4.39 Å². The van der Waals surface area contributed by atoms with E-state index in [-0.39, 0.29) is 4.88 Å². The summed E-state index contributed by atoms with van der Waals surface area (Å²) in [6.07, 6.45) is 0. The average Bonchev–Trinajstić information content (AvgIpc) is 2.63. The molecule has 0 saturated carbocycles. The minimum absolute atomic E-state index is 0.222. The number of ether oxygens (including phenoxy) is 1. The lowest BCUT2D eigenvalue weighted by Crippen LogP contribution is -1.89. The highest BCUT2D eigenvalue weighted by molar-refractivity contribution is 7.21. The van der Waals surface area contributed by atoms with E-state index in [0.717, 1.165) is 16.7 Å². The number of aromatic carboxylic acids is 1. The molecule has 1 aromatic carbocycles. The number of fused-ring (bicyclic) bond motifs is 1. The molecule has 0 fully saturated rings. The second-order valence-electron chi connectivity index (χ2n) is 2.84. The molecule has 1 N–H and O–H groups in total. The van der Waals surface area contributed by atoms with Crippen LogP contribution in [0.5, 0.6) is 5.75 Å². The van der Waals surface area contributed by atoms with Gasteiger partial charge in [-0.1, -0.05) is 12.1 Å². The van der Waals surface area contributed by atoms with Gasteiger partial charge in [0.25, 0.3) is 0 Å². The molecule has 2 aromatic rings. The summed E-state index contributed by atoms with van der Waals surface area (Å²) < 4.78 is 17.5. The van der Waals surface area contributed by atoms with Crippen LogP contribution in [0.1, 0.15) is 9.67 Å². The zero-order chi connectivity index (χ0) is 10.8. The minimum atomic E-state index is -0.984. The van der Waals surface area contributed by atoms with Gasteiger partial charge in [0.05, 0.1) is 4.70 Å². The number of hydrogen-bond donors (Lipinski definition) is 1. The number of carbonyl (C=O) groups is 1. The SMILES string of the molecule is O=C(O)c1cc2cccc(OCF)c2s1. The van der Waals surface area contributed by atoms with Crippen LogP contribution in [-0.4, -0.2) is 17.9 Å². The van der Waals surface area contributed by atoms with Gasteiger partial charge in [0.2, 0.25) is 6.86 Å². The van der Waals surface area contributed by atoms with Gasteiger partial charge in [-0.3, -0.25) is 0 Å². The maximum absolute atomic E-state index is 12.0. The van der Waals surface area contributed by atoms with E-state index in [2.05, 4.69) is 0 Å². The second-order valence-corrected chi connectivity index (χ2v) is 3.90. The van der Waals surface area contributed by atoms with Crippen LogP contribution in [0.2, 0.25) is 0 Å². The fourth-order valence-corrected chi connectivity index (χ4v) is 2.28. The Kier molecular flexibility index (Phi) is 2.55. The van der Waals surface area contributed by atoms with E-state index in [1.165, 1.54) is 0 Å². The van der Waals surface area contributed by atoms with Crippen LogP contribution in [0.3, 0.4) is 0 Å². The largest absolute Gasteiger partial charge is 0.477 e. The first-order chi connectivity index (χ1) is 7.22. The van der Waals surface area contributed by atoms with Crippen molar-refractivity contribution in [2.45, 2.75) is 0 Å². The predicted octanol–water partition coefficient (Wildman–Crippen LogP) is 2.91. The summed E-state index contributed by atoms with van der Waals surface area (Å²) in [5, 5.41) is 9.56. The minimum Gasteiger partial charge on any atom is -0.477 e. The molecular formula is C10H7FO3S. The quantitative estimate of drug-likeness (QED) is 0.875. The Morgan fingerprint density at radius 3 is 3.00 bits per heavy atom. The summed E-state index contributed by atoms with van der Waals surface area (Å²) >= 11 is 1.08. The molecule has 0 bridgehead atoms. The number of halogens is 1. The zero-order valence-corrected chi connectivity index (χ0v) is 8.38. The van der Waals surface area contributed by atoms with Crippen LogP contribution >= 0.6 is 11.3 Å². The highest BCUT2D eigenvalue weighted by atomic mass is 32.1. The molecule has 0 atom stereocenters. The molecule has 1 heterocycles. The third kappa shape index (κ3) is 1.78. The number of benzene rings is 1. The van der Waals surface area contributed by atoms with Gasteiger partial charge in [0.15, 0.2) is 0 Å². The van der Waals surface area contributed by atoms with Crippen molar-refractivity contribution in [2.75, 3.05) is 6.86 Å². The fourth-order valence-electron chi connectivity index (χ4n) is 1.31. The van der Waals surface area contributed by atoms with Gasteiger partial charge in [-0.25, -0.2) is 9.18 Å². The molecule has 0 aliphatic carbocycles. The number of carboxylic acid groups (broad SMARTS) is 1. The van der Waals surface area contributed by atoms with E-state index in [9.17, 15) is 9.18 Å². The van der Waals surface area contributed by atoms with Crippen molar-refractivity contribution in [1.82, 2.24) is 0 Å². The molecule has 0 amide bonds. The molecule has 78 valence electrons. The molecule has 15 heavy (non-hydrogen) atoms. The lowest BCUT2D eigenvalue weighted by molar-refractivity contribution is 0.0702. The number of carboxylic acids is 1. The molecular weight excluding hydrogens is 219 g/mol. The van der Waals surface area contributed by atoms with Crippen molar-refractivity contribution in [3.8, 4) is 5.75 Å². The Morgan fingerprint density at radius 1 is 1.53 bits per heavy atom. The number of rotatable bonds is 3. The van der Waals surface area contributed by atoms with Crippen LogP contribution in [0.25, 0.3) is 10.1 Å². The van der Waals surface area contributed by atoms with E-state index in [1.54, 1.807) is 24.3 Å². The van der Waals surface area contributed by atoms with Crippen LogP contribution < -0.4 is 4.74 Å². The van der Waals surface area contributed by atoms with Gasteiger partial charge in [-0.15, -0.1) is 11.3 Å². The van der Waals surface area contributed by atoms with Crippen LogP contribution in [-0.2, 0) is 0 Å². The van der Waals surface area contributed by atoms with Crippen molar-refractivity contribution >= 4 is 27.4 Å². The van der Waals surface area contributed by atoms with Crippen molar-refractivity contribution in [3.05, 3.63) is 29.1 Å². The highest BCUT2D eigenvalue weighted by Crippen LogP contribution is 2.33. The molecule has 2 rings (SSSR count). The third-order valence-corrected chi connectivity index (χ3v) is 3.08. The molecule has 0 aliphatic rings. The molecule has 0 unspecified atom stereocenters. The summed E-state index contributed by atoms with van der Waals surface area (Å²) in [4.78, 5) is 11.0. The van der Waals surface area contributed by atoms with E-state index in [0.29, 0.717) is 10.4 Å². The first-order valence-corrected chi connectivity index (χ1v) is 4.98. The van der Waals surface area contributed by atoms with Crippen molar-refractivity contribution in [2.24, 2.45) is 0 Å². The highest BCUT2D eigenvalue weighted by Gasteiger charge is 2.11. The maximum atomic E-state index is 12.0. The Morgan fingerprint density at radius 2 is 2.33 bits per heavy atom. The summed E-state index contributed by atoms with van der Waals surface area (Å²) in [5.74, 6) is -0.602. The summed E-state index contributed by atoms with van der Waals surface area (Å²) in [7, 11) is 0. The molecule has 3 nitrogen and oxygen atoms in total. The summed E-state index contributed by atoms with van der Waals surface area (Å²) in [6, 6.07) is 6.63. The normalized spacial score (nSPS) is 10.5. The number of alkyl halides is 1. The molecule has 5 heteroatoms. The van der Waals surface area contributed by atoms with Crippen molar-refractivity contribution in [3.63, 3.8) is 0 Å². The first-order valence-electron chi connectivity index (χ1n) is 4.17. The van der Waals surface area contributed by atoms with Gasteiger partial charge in [0, 0.05) is 0 Å². The number of hydrogen-bond acceptors (Lipinski definition) is 3. The van der Waals surface area contributed by atoms with Gasteiger partial charge in [0.1, 0.15) is 10.6 Å². The summed E-state index contributed by atoms with van der Waals surface area (Å²) in [5.41, 5.74) is 0. The van der Waals surface area contributed by atoms with Crippen molar-refractivity contribution < 1.29 is 19.0 Å². The van der Waals surface area contributed by atoms with E-state index >= 15 is 0 Å². The lowest BCUT2D eigenvalue weighted by atomic mass is 10.2. The Labute approximate surface area is 88.7 Å². The Balaban J connectivity index is 2.59. The standard InChI is InChI=1S/C10H7FO3S/c11-5-14-7-3-1-2-6-4-8(10(12)13)15-9(6)7/h1-4H,5H2,(H,12,13). The first kappa shape index (κ1) is 9.92. The van der Waals surface area contributed by atoms with E-state index in [1.807, 2.05) is 0 Å². The second kappa shape index (κ2) is 3.86. The fraction of sp³-hybridized carbons (Fsp3) is 0.100. The van der Waals surface area contributed by atoms with Gasteiger partial charge >= 0.3 is 5.97 Å². The van der Waals surface area contributed by atoms with Gasteiger partial charge in [-0.05, 0) is 17.5 Å². The van der Waals surface area contributed by atoms with E-state index < -0.39 is 12.8 Å².